The summed E-state index contributed by atoms with van der Waals surface area (Å²) in [5.74, 6) is 0.0604. The summed E-state index contributed by atoms with van der Waals surface area (Å²) in [5, 5.41) is 4.64. The van der Waals surface area contributed by atoms with Crippen LogP contribution in [0.4, 0.5) is 5.00 Å². The number of carbonyl (C=O) groups is 1. The van der Waals surface area contributed by atoms with Gasteiger partial charge >= 0.3 is 0 Å². The van der Waals surface area contributed by atoms with Crippen LogP contribution in [0.15, 0.2) is 53.1 Å². The number of carbonyl (C=O) groups excluding carboxylic acids is 1. The van der Waals surface area contributed by atoms with Gasteiger partial charge in [-0.3, -0.25) is 9.69 Å². The van der Waals surface area contributed by atoms with Crippen LogP contribution in [0.5, 0.6) is 0 Å². The molecule has 1 atom stereocenters. The Hall–Kier alpha value is -2.12. The Morgan fingerprint density at radius 2 is 1.90 bits per heavy atom. The third-order valence-corrected chi connectivity index (χ3v) is 6.58. The molecule has 29 heavy (non-hydrogen) atoms. The molecule has 3 heterocycles. The van der Waals surface area contributed by atoms with Gasteiger partial charge in [0.1, 0.15) is 5.00 Å². The number of aryl methyl sites for hydroxylation is 1. The minimum atomic E-state index is -0.241. The first kappa shape index (κ1) is 20.2. The molecule has 0 bridgehead atoms. The Kier molecular flexibility index (Phi) is 6.06. The van der Waals surface area contributed by atoms with Gasteiger partial charge in [0.25, 0.3) is 5.91 Å². The molecule has 1 aromatic carbocycles. The van der Waals surface area contributed by atoms with E-state index in [0.29, 0.717) is 5.76 Å². The first-order chi connectivity index (χ1) is 14.0. The molecule has 1 saturated heterocycles. The summed E-state index contributed by atoms with van der Waals surface area (Å²) >= 11 is 8.21. The number of halogens is 1. The topological polar surface area (TPSA) is 48.7 Å². The maximum atomic E-state index is 12.6. The quantitative estimate of drug-likeness (QED) is 0.627. The van der Waals surface area contributed by atoms with Crippen molar-refractivity contribution in [2.24, 2.45) is 0 Å². The van der Waals surface area contributed by atoms with E-state index < -0.39 is 0 Å². The van der Waals surface area contributed by atoms with Gasteiger partial charge in [0, 0.05) is 41.6 Å². The highest BCUT2D eigenvalue weighted by Crippen LogP contribution is 2.41. The first-order valence-corrected chi connectivity index (χ1v) is 10.8. The molecule has 0 radical (unpaired) electrons. The number of anilines is 1. The van der Waals surface area contributed by atoms with E-state index in [1.54, 1.807) is 23.5 Å². The predicted octanol–water partition coefficient (Wildman–Crippen LogP) is 4.89. The number of likely N-dealkylation sites (N-methyl/N-ethyl adjacent to an activating group) is 1. The molecule has 5 nitrogen and oxygen atoms in total. The normalized spacial score (nSPS) is 16.7. The summed E-state index contributed by atoms with van der Waals surface area (Å²) in [4.78, 5) is 18.6. The average Bonchev–Trinajstić information content (AvgIpc) is 3.35. The Morgan fingerprint density at radius 3 is 2.59 bits per heavy atom. The molecule has 1 fully saturated rings. The number of benzene rings is 1. The van der Waals surface area contributed by atoms with Crippen LogP contribution in [0, 0.1) is 6.92 Å². The number of rotatable bonds is 5. The summed E-state index contributed by atoms with van der Waals surface area (Å²) in [7, 11) is 2.14. The summed E-state index contributed by atoms with van der Waals surface area (Å²) < 4.78 is 5.26. The second-order valence-electron chi connectivity index (χ2n) is 7.34. The van der Waals surface area contributed by atoms with Gasteiger partial charge in [-0.2, -0.15) is 0 Å². The molecule has 0 saturated carbocycles. The van der Waals surface area contributed by atoms with Crippen LogP contribution >= 0.6 is 22.9 Å². The van der Waals surface area contributed by atoms with Gasteiger partial charge in [-0.1, -0.05) is 29.8 Å². The summed E-state index contributed by atoms with van der Waals surface area (Å²) in [6.45, 7) is 5.93. The molecule has 152 valence electrons. The zero-order chi connectivity index (χ0) is 20.4. The fourth-order valence-electron chi connectivity index (χ4n) is 3.75. The third-order valence-electron chi connectivity index (χ3n) is 5.25. The molecule has 1 aliphatic rings. The molecule has 3 aromatic rings. The SMILES string of the molecule is Cc1cc(C(c2ccccc2Cl)N2CCN(C)CC2)c(NC(=O)c2ccco2)s1. The zero-order valence-corrected chi connectivity index (χ0v) is 18.1. The number of amides is 1. The second kappa shape index (κ2) is 8.71. The minimum absolute atomic E-state index is 0.0192. The Balaban J connectivity index is 1.73. The number of nitrogens with zero attached hydrogens (tertiary/aromatic N) is 2. The smallest absolute Gasteiger partial charge is 0.291 e. The van der Waals surface area contributed by atoms with Crippen molar-refractivity contribution < 1.29 is 9.21 Å². The molecular formula is C22H24ClN3O2S. The number of furan rings is 1. The fraction of sp³-hybridized carbons (Fsp3) is 0.318. The van der Waals surface area contributed by atoms with Gasteiger partial charge in [0.2, 0.25) is 0 Å². The Morgan fingerprint density at radius 1 is 1.14 bits per heavy atom. The first-order valence-electron chi connectivity index (χ1n) is 9.65. The molecule has 7 heteroatoms. The lowest BCUT2D eigenvalue weighted by molar-refractivity contribution is 0.0996. The highest BCUT2D eigenvalue weighted by molar-refractivity contribution is 7.16. The molecule has 1 amide bonds. The lowest BCUT2D eigenvalue weighted by Gasteiger charge is -2.38. The highest BCUT2D eigenvalue weighted by atomic mass is 35.5. The van der Waals surface area contributed by atoms with Crippen LogP contribution in [0.3, 0.4) is 0 Å². The van der Waals surface area contributed by atoms with Crippen LogP contribution in [-0.2, 0) is 0 Å². The van der Waals surface area contributed by atoms with Crippen molar-refractivity contribution >= 4 is 33.8 Å². The molecule has 1 N–H and O–H groups in total. The van der Waals surface area contributed by atoms with E-state index in [1.807, 2.05) is 18.2 Å². The van der Waals surface area contributed by atoms with Crippen LogP contribution in [0.1, 0.15) is 32.6 Å². The van der Waals surface area contributed by atoms with Crippen molar-refractivity contribution in [3.63, 3.8) is 0 Å². The third kappa shape index (κ3) is 4.41. The lowest BCUT2D eigenvalue weighted by atomic mass is 9.97. The largest absolute Gasteiger partial charge is 0.459 e. The van der Waals surface area contributed by atoms with Gasteiger partial charge in [-0.15, -0.1) is 11.3 Å². The minimum Gasteiger partial charge on any atom is -0.459 e. The maximum Gasteiger partial charge on any atom is 0.291 e. The molecule has 0 aliphatic carbocycles. The van der Waals surface area contributed by atoms with Gasteiger partial charge in [-0.25, -0.2) is 0 Å². The number of nitrogens with one attached hydrogen (secondary N) is 1. The van der Waals surface area contributed by atoms with Crippen LogP contribution in [0.2, 0.25) is 5.02 Å². The van der Waals surface area contributed by atoms with E-state index in [0.717, 1.165) is 52.2 Å². The van der Waals surface area contributed by atoms with E-state index in [2.05, 4.69) is 41.2 Å². The highest BCUT2D eigenvalue weighted by Gasteiger charge is 2.30. The average molecular weight is 430 g/mol. The van der Waals surface area contributed by atoms with E-state index >= 15 is 0 Å². The Bertz CT molecular complexity index is 978. The summed E-state index contributed by atoms with van der Waals surface area (Å²) in [6.07, 6.45) is 1.51. The molecule has 1 aliphatic heterocycles. The van der Waals surface area contributed by atoms with Crippen molar-refractivity contribution in [3.8, 4) is 0 Å². The zero-order valence-electron chi connectivity index (χ0n) is 16.5. The van der Waals surface area contributed by atoms with Crippen LogP contribution in [0.25, 0.3) is 0 Å². The van der Waals surface area contributed by atoms with Crippen LogP contribution in [-0.4, -0.2) is 48.9 Å². The summed E-state index contributed by atoms with van der Waals surface area (Å²) in [6, 6.07) is 13.5. The fourth-order valence-corrected chi connectivity index (χ4v) is 4.92. The van der Waals surface area contributed by atoms with Gasteiger partial charge in [-0.05, 0) is 43.8 Å². The number of piperazine rings is 1. The van der Waals surface area contributed by atoms with Gasteiger partial charge in [0.05, 0.1) is 12.3 Å². The second-order valence-corrected chi connectivity index (χ2v) is 9.00. The number of hydrogen-bond acceptors (Lipinski definition) is 5. The molecule has 0 spiro atoms. The number of thiophene rings is 1. The Labute approximate surface area is 179 Å². The molecular weight excluding hydrogens is 406 g/mol. The standard InChI is InChI=1S/C22H24ClN3O2S/c1-15-14-17(22(29-15)24-21(27)19-8-5-13-28-19)20(16-6-3-4-7-18(16)23)26-11-9-25(2)10-12-26/h3-8,13-14,20H,9-12H2,1-2H3,(H,24,27). The van der Waals surface area contributed by atoms with Crippen molar-refractivity contribution in [1.82, 2.24) is 9.80 Å². The van der Waals surface area contributed by atoms with Crippen LogP contribution < -0.4 is 5.32 Å². The van der Waals surface area contributed by atoms with E-state index in [1.165, 1.54) is 6.26 Å². The van der Waals surface area contributed by atoms with Crippen molar-refractivity contribution in [2.45, 2.75) is 13.0 Å². The van der Waals surface area contributed by atoms with Crippen molar-refractivity contribution in [3.05, 3.63) is 75.5 Å². The molecule has 4 rings (SSSR count). The van der Waals surface area contributed by atoms with E-state index in [9.17, 15) is 4.79 Å². The lowest BCUT2D eigenvalue weighted by Crippen LogP contribution is -2.46. The van der Waals surface area contributed by atoms with Crippen molar-refractivity contribution in [2.75, 3.05) is 38.5 Å². The van der Waals surface area contributed by atoms with E-state index in [4.69, 9.17) is 16.0 Å². The monoisotopic (exact) mass is 429 g/mol. The maximum absolute atomic E-state index is 12.6. The number of hydrogen-bond donors (Lipinski definition) is 1. The molecule has 1 unspecified atom stereocenters. The van der Waals surface area contributed by atoms with Crippen molar-refractivity contribution in [1.29, 1.82) is 0 Å². The molecule has 2 aromatic heterocycles. The van der Waals surface area contributed by atoms with Gasteiger partial charge in [0.15, 0.2) is 5.76 Å². The summed E-state index contributed by atoms with van der Waals surface area (Å²) in [5.41, 5.74) is 2.13. The predicted molar refractivity (Wildman–Crippen MR) is 118 cm³/mol. The van der Waals surface area contributed by atoms with Gasteiger partial charge < -0.3 is 14.6 Å². The van der Waals surface area contributed by atoms with E-state index in [-0.39, 0.29) is 11.9 Å².